The molecule has 1 aromatic carbocycles. The summed E-state index contributed by atoms with van der Waals surface area (Å²) in [5.41, 5.74) is 5.25. The van der Waals surface area contributed by atoms with E-state index < -0.39 is 0 Å². The Morgan fingerprint density at radius 2 is 1.73 bits per heavy atom. The molecule has 0 spiro atoms. The first-order valence-corrected chi connectivity index (χ1v) is 10.4. The Kier molecular flexibility index (Phi) is 4.15. The normalized spacial score (nSPS) is 31.5. The third-order valence-electron chi connectivity index (χ3n) is 6.97. The summed E-state index contributed by atoms with van der Waals surface area (Å²) in [6.07, 6.45) is 15.4. The molecular weight excluding hydrogens is 320 g/mol. The highest BCUT2D eigenvalue weighted by molar-refractivity contribution is 6.14. The van der Waals surface area contributed by atoms with Crippen LogP contribution in [0, 0.1) is 17.8 Å². The van der Waals surface area contributed by atoms with Crippen molar-refractivity contribution in [1.29, 1.82) is 0 Å². The number of ketones is 1. The second-order valence-electron chi connectivity index (χ2n) is 8.52. The Balaban J connectivity index is 1.48. The fourth-order valence-electron chi connectivity index (χ4n) is 5.63. The smallest absolute Gasteiger partial charge is 0.271 e. The van der Waals surface area contributed by atoms with Crippen molar-refractivity contribution in [1.82, 2.24) is 0 Å². The number of carbonyl (C=O) groups excluding carboxylic acids is 2. The number of hydrogen-bond donors (Lipinski definition) is 0. The van der Waals surface area contributed by atoms with E-state index in [1.54, 1.807) is 5.57 Å². The highest BCUT2D eigenvalue weighted by atomic mass is 16.5. The molecule has 2 heteroatoms. The van der Waals surface area contributed by atoms with E-state index in [2.05, 4.69) is 24.3 Å². The molecule has 2 nitrogen and oxygen atoms in total. The average Bonchev–Trinajstić information content (AvgIpc) is 3.32. The lowest BCUT2D eigenvalue weighted by atomic mass is 9.83. The highest BCUT2D eigenvalue weighted by Crippen LogP contribution is 2.48. The van der Waals surface area contributed by atoms with Crippen LogP contribution in [0.15, 0.2) is 42.0 Å². The SMILES string of the molecule is O=C([O+]=C1C=CC(=C2CCCCC2)c2ccccc21)C1CC2CCC1C2. The number of fused-ring (bicyclic) bond motifs is 3. The fraction of sp³-hybridized carbons (Fsp3) is 0.500. The van der Waals surface area contributed by atoms with Gasteiger partial charge in [0, 0.05) is 10.9 Å². The van der Waals surface area contributed by atoms with E-state index in [1.165, 1.54) is 62.5 Å². The van der Waals surface area contributed by atoms with E-state index in [4.69, 9.17) is 4.42 Å². The molecule has 3 fully saturated rings. The van der Waals surface area contributed by atoms with E-state index in [-0.39, 0.29) is 11.9 Å². The van der Waals surface area contributed by atoms with Crippen LogP contribution in [0.3, 0.4) is 0 Å². The van der Waals surface area contributed by atoms with Crippen molar-refractivity contribution in [3.63, 3.8) is 0 Å². The van der Waals surface area contributed by atoms with Crippen LogP contribution in [-0.4, -0.2) is 11.8 Å². The summed E-state index contributed by atoms with van der Waals surface area (Å²) < 4.78 is 5.96. The zero-order valence-electron chi connectivity index (χ0n) is 15.4. The third-order valence-corrected chi connectivity index (χ3v) is 6.97. The molecule has 1 aromatic rings. The van der Waals surface area contributed by atoms with Gasteiger partial charge in [-0.05, 0) is 80.1 Å². The molecule has 3 saturated carbocycles. The number of benzene rings is 1. The first-order valence-electron chi connectivity index (χ1n) is 10.4. The van der Waals surface area contributed by atoms with E-state index in [9.17, 15) is 4.79 Å². The van der Waals surface area contributed by atoms with Gasteiger partial charge < -0.3 is 0 Å². The maximum atomic E-state index is 12.8. The number of hydrogen-bond acceptors (Lipinski definition) is 1. The Morgan fingerprint density at radius 1 is 0.923 bits per heavy atom. The minimum atomic E-state index is 0.000391. The molecule has 3 unspecified atom stereocenters. The molecule has 0 amide bonds. The number of rotatable bonds is 1. The van der Waals surface area contributed by atoms with Crippen LogP contribution >= 0.6 is 0 Å². The maximum absolute atomic E-state index is 12.8. The van der Waals surface area contributed by atoms with Crippen molar-refractivity contribution in [2.45, 2.75) is 57.8 Å². The molecule has 4 aliphatic rings. The van der Waals surface area contributed by atoms with E-state index in [1.807, 2.05) is 12.1 Å². The molecule has 2 bridgehead atoms. The first kappa shape index (κ1) is 16.2. The van der Waals surface area contributed by atoms with Crippen LogP contribution in [0.2, 0.25) is 0 Å². The van der Waals surface area contributed by atoms with Crippen LogP contribution in [0.4, 0.5) is 0 Å². The van der Waals surface area contributed by atoms with Gasteiger partial charge >= 0.3 is 5.97 Å². The van der Waals surface area contributed by atoms with Crippen LogP contribution in [-0.2, 0) is 4.79 Å². The molecule has 0 saturated heterocycles. The van der Waals surface area contributed by atoms with Crippen molar-refractivity contribution < 1.29 is 9.22 Å². The van der Waals surface area contributed by atoms with Crippen LogP contribution in [0.1, 0.15) is 73.3 Å². The molecule has 0 N–H and O–H groups in total. The van der Waals surface area contributed by atoms with Gasteiger partial charge in [-0.1, -0.05) is 36.6 Å². The summed E-state index contributed by atoms with van der Waals surface area (Å²) in [6, 6.07) is 8.43. The summed E-state index contributed by atoms with van der Waals surface area (Å²) >= 11 is 0. The largest absolute Gasteiger partial charge is 0.583 e. The molecule has 4 aliphatic carbocycles. The second-order valence-corrected chi connectivity index (χ2v) is 8.52. The predicted octanol–water partition coefficient (Wildman–Crippen LogP) is 5.66. The van der Waals surface area contributed by atoms with Crippen molar-refractivity contribution in [2.24, 2.45) is 17.8 Å². The van der Waals surface area contributed by atoms with E-state index in [0.29, 0.717) is 5.92 Å². The van der Waals surface area contributed by atoms with Gasteiger partial charge in [-0.25, -0.2) is 0 Å². The fourth-order valence-corrected chi connectivity index (χ4v) is 5.63. The second kappa shape index (κ2) is 6.64. The van der Waals surface area contributed by atoms with Crippen molar-refractivity contribution >= 4 is 17.3 Å². The Bertz CT molecular complexity index is 818. The van der Waals surface area contributed by atoms with Crippen LogP contribution in [0.5, 0.6) is 0 Å². The van der Waals surface area contributed by atoms with Crippen molar-refractivity contribution in [3.8, 4) is 0 Å². The standard InChI is InChI=1S/C24H27O2/c25-24(22-15-16-10-11-18(22)14-16)26-23-13-12-19(17-6-2-1-3-7-17)20-8-4-5-9-21(20)23/h4-5,8-9,12-13,16,18,22H,1-3,6-7,10-11,14-15H2/q+1. The van der Waals surface area contributed by atoms with Crippen LogP contribution in [0.25, 0.3) is 5.57 Å². The molecule has 0 aromatic heterocycles. The molecule has 134 valence electrons. The average molecular weight is 347 g/mol. The molecule has 0 radical (unpaired) electrons. The maximum Gasteiger partial charge on any atom is 0.583 e. The number of carbonyl (C=O) groups is 1. The number of allylic oxidation sites excluding steroid dienone is 4. The lowest BCUT2D eigenvalue weighted by molar-refractivity contribution is -0.252. The van der Waals surface area contributed by atoms with Gasteiger partial charge in [-0.3, -0.25) is 4.42 Å². The summed E-state index contributed by atoms with van der Waals surface area (Å²) in [5.74, 6) is 2.20. The summed E-state index contributed by atoms with van der Waals surface area (Å²) in [7, 11) is 0. The lowest BCUT2D eigenvalue weighted by Crippen LogP contribution is -2.21. The zero-order chi connectivity index (χ0) is 17.5. The van der Waals surface area contributed by atoms with E-state index >= 15 is 0 Å². The molecule has 0 aliphatic heterocycles. The van der Waals surface area contributed by atoms with Gasteiger partial charge in [-0.2, -0.15) is 0 Å². The zero-order valence-corrected chi connectivity index (χ0v) is 15.4. The molecule has 3 atom stereocenters. The van der Waals surface area contributed by atoms with Gasteiger partial charge in [0.15, 0.2) is 0 Å². The minimum Gasteiger partial charge on any atom is -0.271 e. The molecule has 5 rings (SSSR count). The van der Waals surface area contributed by atoms with Gasteiger partial charge in [-0.15, -0.1) is 0 Å². The minimum absolute atomic E-state index is 0.000391. The Labute approximate surface area is 155 Å². The summed E-state index contributed by atoms with van der Waals surface area (Å²) in [6.45, 7) is 0. The summed E-state index contributed by atoms with van der Waals surface area (Å²) in [4.78, 5) is 12.8. The quantitative estimate of drug-likeness (QED) is 0.603. The van der Waals surface area contributed by atoms with Crippen molar-refractivity contribution in [3.05, 3.63) is 53.1 Å². The van der Waals surface area contributed by atoms with Crippen LogP contribution < -0.4 is 0 Å². The monoisotopic (exact) mass is 347 g/mol. The lowest BCUT2D eigenvalue weighted by Gasteiger charge is -2.21. The topological polar surface area (TPSA) is 28.4 Å². The third kappa shape index (κ3) is 2.80. The molecular formula is C24H27O2+. The Hall–Kier alpha value is -1.96. The van der Waals surface area contributed by atoms with Gasteiger partial charge in [0.05, 0.1) is 5.56 Å². The highest BCUT2D eigenvalue weighted by Gasteiger charge is 2.49. The molecule has 0 heterocycles. The molecule has 26 heavy (non-hydrogen) atoms. The predicted molar refractivity (Wildman–Crippen MR) is 104 cm³/mol. The van der Waals surface area contributed by atoms with Gasteiger partial charge in [0.2, 0.25) is 0 Å². The Morgan fingerprint density at radius 3 is 2.46 bits per heavy atom. The van der Waals surface area contributed by atoms with Crippen molar-refractivity contribution in [2.75, 3.05) is 0 Å². The van der Waals surface area contributed by atoms with E-state index in [0.717, 1.165) is 23.7 Å². The van der Waals surface area contributed by atoms with Gasteiger partial charge in [0.25, 0.3) is 5.78 Å². The van der Waals surface area contributed by atoms with Gasteiger partial charge in [0.1, 0.15) is 5.92 Å². The first-order chi connectivity index (χ1) is 12.8. The summed E-state index contributed by atoms with van der Waals surface area (Å²) in [5, 5.41) is 0.